The number of aliphatic carboxylic acids is 1. The second-order valence-corrected chi connectivity index (χ2v) is 7.84. The number of carboxylic acids is 1. The minimum atomic E-state index is -1.10. The Labute approximate surface area is 172 Å². The van der Waals surface area contributed by atoms with Crippen LogP contribution >= 0.6 is 0 Å². The highest BCUT2D eigenvalue weighted by Crippen LogP contribution is 2.41. The molecule has 0 spiro atoms. The Bertz CT molecular complexity index is 1220. The van der Waals surface area contributed by atoms with Crippen molar-refractivity contribution in [2.45, 2.75) is 32.8 Å². The van der Waals surface area contributed by atoms with Crippen LogP contribution in [0.2, 0.25) is 0 Å². The van der Waals surface area contributed by atoms with Gasteiger partial charge in [-0.15, -0.1) is 0 Å². The summed E-state index contributed by atoms with van der Waals surface area (Å²) >= 11 is 0. The molecule has 0 radical (unpaired) electrons. The van der Waals surface area contributed by atoms with Crippen LogP contribution in [-0.2, 0) is 9.63 Å². The van der Waals surface area contributed by atoms with Crippen LogP contribution in [-0.4, -0.2) is 29.0 Å². The fourth-order valence-corrected chi connectivity index (χ4v) is 3.70. The minimum Gasteiger partial charge on any atom is -0.486 e. The Hall–Kier alpha value is -3.61. The van der Waals surface area contributed by atoms with Crippen molar-refractivity contribution in [1.82, 2.24) is 0 Å². The second-order valence-electron chi connectivity index (χ2n) is 7.84. The molecule has 0 saturated heterocycles. The van der Waals surface area contributed by atoms with E-state index in [1.807, 2.05) is 57.2 Å². The molecule has 0 unspecified atom stereocenters. The molecule has 2 heterocycles. The zero-order valence-electron chi connectivity index (χ0n) is 16.9. The summed E-state index contributed by atoms with van der Waals surface area (Å²) in [6, 6.07) is 12.9. The van der Waals surface area contributed by atoms with Crippen molar-refractivity contribution >= 4 is 22.7 Å². The van der Waals surface area contributed by atoms with Gasteiger partial charge in [-0.1, -0.05) is 35.5 Å². The molecule has 0 bridgehead atoms. The first kappa shape index (κ1) is 19.7. The Morgan fingerprint density at radius 2 is 1.93 bits per heavy atom. The van der Waals surface area contributed by atoms with E-state index in [9.17, 15) is 9.59 Å². The average molecular weight is 407 g/mol. The maximum absolute atomic E-state index is 12.3. The summed E-state index contributed by atoms with van der Waals surface area (Å²) in [7, 11) is 0. The first-order valence-electron chi connectivity index (χ1n) is 9.52. The van der Waals surface area contributed by atoms with E-state index < -0.39 is 23.8 Å². The Morgan fingerprint density at radius 3 is 2.63 bits per heavy atom. The quantitative estimate of drug-likeness (QED) is 0.516. The molecule has 154 valence electrons. The average Bonchev–Trinajstić information content (AvgIpc) is 2.69. The van der Waals surface area contributed by atoms with Crippen molar-refractivity contribution in [3.05, 3.63) is 64.0 Å². The molecule has 4 rings (SSSR count). The van der Waals surface area contributed by atoms with Gasteiger partial charge < -0.3 is 19.1 Å². The maximum Gasteiger partial charge on any atom is 0.344 e. The maximum atomic E-state index is 12.3. The number of carboxylic acid groups (broad SMARTS) is 1. The minimum absolute atomic E-state index is 0.433. The summed E-state index contributed by atoms with van der Waals surface area (Å²) in [5.74, 6) is -0.557. The van der Waals surface area contributed by atoms with Gasteiger partial charge >= 0.3 is 11.6 Å². The number of oxime groups is 1. The number of aryl methyl sites for hydroxylation is 1. The van der Waals surface area contributed by atoms with Gasteiger partial charge in [0.25, 0.3) is 0 Å². The third kappa shape index (κ3) is 3.66. The van der Waals surface area contributed by atoms with Crippen LogP contribution in [0.1, 0.15) is 31.4 Å². The summed E-state index contributed by atoms with van der Waals surface area (Å²) in [6.45, 7) is 5.11. The number of nitrogens with zero attached hydrogens (tertiary/aromatic N) is 1. The Balaban J connectivity index is 1.98. The van der Waals surface area contributed by atoms with Gasteiger partial charge in [0, 0.05) is 29.0 Å². The lowest BCUT2D eigenvalue weighted by molar-refractivity contribution is -0.142. The molecule has 7 nitrogen and oxygen atoms in total. The standard InChI is InChI=1S/C23H21NO6/c1-13-21-16(15(10-20(27)29-21)14-7-5-4-6-8-14)9-17-18(24-28-12-19(25)26)11-23(2,3)30-22(13)17/h4-10H,11-12H2,1-3H3,(H,25,26). The van der Waals surface area contributed by atoms with E-state index in [0.717, 1.165) is 16.5 Å². The lowest BCUT2D eigenvalue weighted by Crippen LogP contribution is -2.36. The Kier molecular flexibility index (Phi) is 4.81. The van der Waals surface area contributed by atoms with Gasteiger partial charge in [0.15, 0.2) is 0 Å². The zero-order chi connectivity index (χ0) is 21.5. The van der Waals surface area contributed by atoms with Gasteiger partial charge in [-0.05, 0) is 38.0 Å². The number of rotatable bonds is 4. The molecular weight excluding hydrogens is 386 g/mol. The molecule has 1 aliphatic heterocycles. The molecule has 1 aromatic heterocycles. The lowest BCUT2D eigenvalue weighted by Gasteiger charge is -2.34. The van der Waals surface area contributed by atoms with Crippen molar-refractivity contribution < 1.29 is 23.9 Å². The summed E-state index contributed by atoms with van der Waals surface area (Å²) in [5, 5.41) is 13.7. The van der Waals surface area contributed by atoms with Gasteiger partial charge in [-0.25, -0.2) is 9.59 Å². The highest BCUT2D eigenvalue weighted by molar-refractivity contribution is 6.09. The van der Waals surface area contributed by atoms with E-state index in [0.29, 0.717) is 34.6 Å². The SMILES string of the molecule is Cc1c2c(cc3c(-c4ccccc4)cc(=O)oc13)C(=NOCC(=O)O)CC(C)(C)O2. The van der Waals surface area contributed by atoms with Crippen molar-refractivity contribution in [1.29, 1.82) is 0 Å². The van der Waals surface area contributed by atoms with Crippen LogP contribution in [0.5, 0.6) is 5.75 Å². The van der Waals surface area contributed by atoms with E-state index in [4.69, 9.17) is 19.1 Å². The van der Waals surface area contributed by atoms with Gasteiger partial charge in [-0.3, -0.25) is 0 Å². The summed E-state index contributed by atoms with van der Waals surface area (Å²) < 4.78 is 11.7. The van der Waals surface area contributed by atoms with E-state index in [1.165, 1.54) is 6.07 Å². The monoisotopic (exact) mass is 407 g/mol. The van der Waals surface area contributed by atoms with Crippen LogP contribution < -0.4 is 10.4 Å². The van der Waals surface area contributed by atoms with Crippen LogP contribution in [0.15, 0.2) is 56.8 Å². The molecule has 2 aromatic carbocycles. The van der Waals surface area contributed by atoms with E-state index >= 15 is 0 Å². The predicted molar refractivity (Wildman–Crippen MR) is 112 cm³/mol. The largest absolute Gasteiger partial charge is 0.486 e. The van der Waals surface area contributed by atoms with E-state index in [2.05, 4.69) is 5.16 Å². The summed E-state index contributed by atoms with van der Waals surface area (Å²) in [6.07, 6.45) is 0.433. The van der Waals surface area contributed by atoms with Crippen LogP contribution in [0.4, 0.5) is 0 Å². The highest BCUT2D eigenvalue weighted by atomic mass is 16.6. The highest BCUT2D eigenvalue weighted by Gasteiger charge is 2.34. The van der Waals surface area contributed by atoms with Crippen molar-refractivity contribution in [3.63, 3.8) is 0 Å². The smallest absolute Gasteiger partial charge is 0.344 e. The molecule has 1 N–H and O–H groups in total. The number of ether oxygens (including phenoxy) is 1. The van der Waals surface area contributed by atoms with E-state index in [-0.39, 0.29) is 0 Å². The van der Waals surface area contributed by atoms with Crippen molar-refractivity contribution in [2.24, 2.45) is 5.16 Å². The third-order valence-corrected chi connectivity index (χ3v) is 4.94. The van der Waals surface area contributed by atoms with Crippen LogP contribution in [0, 0.1) is 6.92 Å². The summed E-state index contributed by atoms with van der Waals surface area (Å²) in [5.41, 5.74) is 2.98. The number of hydrogen-bond donors (Lipinski definition) is 1. The first-order valence-corrected chi connectivity index (χ1v) is 9.52. The van der Waals surface area contributed by atoms with E-state index in [1.54, 1.807) is 0 Å². The van der Waals surface area contributed by atoms with Crippen LogP contribution in [0.3, 0.4) is 0 Å². The molecule has 3 aromatic rings. The second kappa shape index (κ2) is 7.33. The molecular formula is C23H21NO6. The van der Waals surface area contributed by atoms with Crippen molar-refractivity contribution in [3.8, 4) is 16.9 Å². The molecule has 0 aliphatic carbocycles. The van der Waals surface area contributed by atoms with Crippen molar-refractivity contribution in [2.75, 3.05) is 6.61 Å². The summed E-state index contributed by atoms with van der Waals surface area (Å²) in [4.78, 5) is 28.1. The number of benzene rings is 2. The third-order valence-electron chi connectivity index (χ3n) is 4.94. The van der Waals surface area contributed by atoms with Gasteiger partial charge in [-0.2, -0.15) is 0 Å². The molecule has 30 heavy (non-hydrogen) atoms. The zero-order valence-corrected chi connectivity index (χ0v) is 16.9. The first-order chi connectivity index (χ1) is 14.2. The number of hydrogen-bond acceptors (Lipinski definition) is 6. The fourth-order valence-electron chi connectivity index (χ4n) is 3.70. The molecule has 7 heteroatoms. The van der Waals surface area contributed by atoms with Crippen LogP contribution in [0.25, 0.3) is 22.1 Å². The molecule has 1 aliphatic rings. The lowest BCUT2D eigenvalue weighted by atomic mass is 9.88. The number of fused-ring (bicyclic) bond motifs is 2. The molecule has 0 amide bonds. The topological polar surface area (TPSA) is 98.3 Å². The van der Waals surface area contributed by atoms with Gasteiger partial charge in [0.05, 0.1) is 5.71 Å². The number of carbonyl (C=O) groups is 1. The predicted octanol–water partition coefficient (Wildman–Crippen LogP) is 4.13. The molecule has 0 fully saturated rings. The molecule has 0 atom stereocenters. The van der Waals surface area contributed by atoms with Gasteiger partial charge in [0.2, 0.25) is 6.61 Å². The molecule has 0 saturated carbocycles. The van der Waals surface area contributed by atoms with Gasteiger partial charge in [0.1, 0.15) is 16.9 Å². The normalized spacial score (nSPS) is 16.2. The fraction of sp³-hybridized carbons (Fsp3) is 0.261. The Morgan fingerprint density at radius 1 is 1.20 bits per heavy atom.